The normalized spacial score (nSPS) is 10.1. The summed E-state index contributed by atoms with van der Waals surface area (Å²) in [6, 6.07) is 5.43. The Bertz CT molecular complexity index is 550. The smallest absolute Gasteiger partial charge is 0.221 e. The zero-order chi connectivity index (χ0) is 13.1. The highest BCUT2D eigenvalue weighted by molar-refractivity contribution is 5.75. The van der Waals surface area contributed by atoms with Crippen molar-refractivity contribution < 1.29 is 9.47 Å². The highest BCUT2D eigenvalue weighted by Gasteiger charge is 2.09. The predicted molar refractivity (Wildman–Crippen MR) is 69.4 cm³/mol. The maximum absolute atomic E-state index is 5.82. The molecule has 2 aromatic rings. The first-order valence-corrected chi connectivity index (χ1v) is 5.25. The second-order valence-electron chi connectivity index (χ2n) is 3.63. The van der Waals surface area contributed by atoms with Crippen LogP contribution in [0.1, 0.15) is 0 Å². The van der Waals surface area contributed by atoms with Gasteiger partial charge in [-0.25, -0.2) is 4.98 Å². The molecule has 94 valence electrons. The summed E-state index contributed by atoms with van der Waals surface area (Å²) >= 11 is 0. The largest absolute Gasteiger partial charge is 0.497 e. The molecule has 0 saturated carbocycles. The molecule has 0 spiro atoms. The van der Waals surface area contributed by atoms with Gasteiger partial charge in [-0.3, -0.25) is 0 Å². The van der Waals surface area contributed by atoms with Crippen molar-refractivity contribution in [3.8, 4) is 22.6 Å². The number of ether oxygens (including phenoxy) is 2. The minimum Gasteiger partial charge on any atom is -0.497 e. The van der Waals surface area contributed by atoms with Gasteiger partial charge in [0.15, 0.2) is 0 Å². The molecule has 18 heavy (non-hydrogen) atoms. The van der Waals surface area contributed by atoms with E-state index in [9.17, 15) is 0 Å². The van der Waals surface area contributed by atoms with Crippen LogP contribution in [0.15, 0.2) is 24.4 Å². The van der Waals surface area contributed by atoms with E-state index in [-0.39, 0.29) is 5.95 Å². The lowest BCUT2D eigenvalue weighted by atomic mass is 10.1. The van der Waals surface area contributed by atoms with Gasteiger partial charge < -0.3 is 20.9 Å². The summed E-state index contributed by atoms with van der Waals surface area (Å²) < 4.78 is 10.4. The molecule has 4 N–H and O–H groups in total. The summed E-state index contributed by atoms with van der Waals surface area (Å²) in [7, 11) is 3.17. The molecule has 0 unspecified atom stereocenters. The number of hydrogen-bond donors (Lipinski definition) is 2. The monoisotopic (exact) mass is 246 g/mol. The van der Waals surface area contributed by atoms with Crippen LogP contribution in [0.5, 0.6) is 11.5 Å². The first kappa shape index (κ1) is 12.0. The van der Waals surface area contributed by atoms with Gasteiger partial charge >= 0.3 is 0 Å². The molecular formula is C12H14N4O2. The van der Waals surface area contributed by atoms with Gasteiger partial charge in [-0.15, -0.1) is 0 Å². The van der Waals surface area contributed by atoms with Gasteiger partial charge in [0.25, 0.3) is 0 Å². The lowest BCUT2D eigenvalue weighted by molar-refractivity contribution is 0.394. The van der Waals surface area contributed by atoms with Crippen LogP contribution in [0, 0.1) is 0 Å². The fraction of sp³-hybridized carbons (Fsp3) is 0.167. The van der Waals surface area contributed by atoms with E-state index in [2.05, 4.69) is 9.97 Å². The second-order valence-corrected chi connectivity index (χ2v) is 3.63. The van der Waals surface area contributed by atoms with Crippen LogP contribution in [0.25, 0.3) is 11.1 Å². The molecule has 1 heterocycles. The predicted octanol–water partition coefficient (Wildman–Crippen LogP) is 1.33. The summed E-state index contributed by atoms with van der Waals surface area (Å²) in [6.45, 7) is 0. The molecule has 1 aromatic heterocycles. The second kappa shape index (κ2) is 4.79. The molecule has 0 aliphatic carbocycles. The molecule has 0 fully saturated rings. The van der Waals surface area contributed by atoms with Crippen LogP contribution in [0.3, 0.4) is 0 Å². The van der Waals surface area contributed by atoms with Crippen molar-refractivity contribution in [3.63, 3.8) is 0 Å². The molecule has 0 amide bonds. The van der Waals surface area contributed by atoms with E-state index in [0.717, 1.165) is 5.56 Å². The van der Waals surface area contributed by atoms with Gasteiger partial charge in [0, 0.05) is 17.8 Å². The van der Waals surface area contributed by atoms with E-state index in [1.807, 2.05) is 12.1 Å². The van der Waals surface area contributed by atoms with Crippen molar-refractivity contribution >= 4 is 11.8 Å². The number of anilines is 2. The van der Waals surface area contributed by atoms with Gasteiger partial charge in [-0.05, 0) is 17.7 Å². The molecule has 0 atom stereocenters. The Morgan fingerprint density at radius 3 is 2.11 bits per heavy atom. The third-order valence-corrected chi connectivity index (χ3v) is 2.50. The first-order valence-electron chi connectivity index (χ1n) is 5.25. The maximum Gasteiger partial charge on any atom is 0.221 e. The average molecular weight is 246 g/mol. The molecule has 0 radical (unpaired) electrons. The van der Waals surface area contributed by atoms with Crippen molar-refractivity contribution in [2.75, 3.05) is 25.7 Å². The van der Waals surface area contributed by atoms with Crippen molar-refractivity contribution in [1.29, 1.82) is 0 Å². The van der Waals surface area contributed by atoms with Gasteiger partial charge in [0.1, 0.15) is 17.3 Å². The fourth-order valence-corrected chi connectivity index (χ4v) is 1.59. The number of rotatable bonds is 3. The number of aromatic nitrogens is 2. The van der Waals surface area contributed by atoms with Crippen LogP contribution in [-0.4, -0.2) is 24.2 Å². The summed E-state index contributed by atoms with van der Waals surface area (Å²) in [5.41, 5.74) is 12.8. The fourth-order valence-electron chi connectivity index (χ4n) is 1.59. The van der Waals surface area contributed by atoms with E-state index in [1.165, 1.54) is 0 Å². The Labute approximate surface area is 105 Å². The summed E-state index contributed by atoms with van der Waals surface area (Å²) in [4.78, 5) is 7.86. The van der Waals surface area contributed by atoms with E-state index < -0.39 is 0 Å². The SMILES string of the molecule is COc1cc(OC)cc(-c2cnc(N)nc2N)c1. The molecule has 0 bridgehead atoms. The van der Waals surface area contributed by atoms with Gasteiger partial charge in [0.2, 0.25) is 5.95 Å². The van der Waals surface area contributed by atoms with Crippen LogP contribution < -0.4 is 20.9 Å². The zero-order valence-electron chi connectivity index (χ0n) is 10.2. The Hall–Kier alpha value is -2.50. The number of hydrogen-bond acceptors (Lipinski definition) is 6. The Morgan fingerprint density at radius 1 is 1.00 bits per heavy atom. The summed E-state index contributed by atoms with van der Waals surface area (Å²) in [5.74, 6) is 1.80. The topological polar surface area (TPSA) is 96.3 Å². The first-order chi connectivity index (χ1) is 8.63. The van der Waals surface area contributed by atoms with Crippen LogP contribution in [-0.2, 0) is 0 Å². The van der Waals surface area contributed by atoms with E-state index >= 15 is 0 Å². The van der Waals surface area contributed by atoms with Crippen molar-refractivity contribution in [3.05, 3.63) is 24.4 Å². The van der Waals surface area contributed by atoms with Crippen molar-refractivity contribution in [1.82, 2.24) is 9.97 Å². The van der Waals surface area contributed by atoms with Crippen molar-refractivity contribution in [2.45, 2.75) is 0 Å². The zero-order valence-corrected chi connectivity index (χ0v) is 10.2. The maximum atomic E-state index is 5.82. The number of nitrogens with zero attached hydrogens (tertiary/aromatic N) is 2. The molecule has 1 aromatic carbocycles. The average Bonchev–Trinajstić information content (AvgIpc) is 2.38. The summed E-state index contributed by atoms with van der Waals surface area (Å²) in [5, 5.41) is 0. The van der Waals surface area contributed by atoms with E-state index in [1.54, 1.807) is 26.5 Å². The highest BCUT2D eigenvalue weighted by Crippen LogP contribution is 2.31. The molecule has 0 saturated heterocycles. The van der Waals surface area contributed by atoms with E-state index in [4.69, 9.17) is 20.9 Å². The van der Waals surface area contributed by atoms with E-state index in [0.29, 0.717) is 22.9 Å². The number of benzene rings is 1. The molecule has 6 heteroatoms. The van der Waals surface area contributed by atoms with Crippen molar-refractivity contribution in [2.24, 2.45) is 0 Å². The Kier molecular flexibility index (Phi) is 3.18. The Balaban J connectivity index is 2.55. The number of nitrogen functional groups attached to an aromatic ring is 2. The highest BCUT2D eigenvalue weighted by atomic mass is 16.5. The van der Waals surface area contributed by atoms with Crippen LogP contribution in [0.2, 0.25) is 0 Å². The lowest BCUT2D eigenvalue weighted by Crippen LogP contribution is -2.01. The van der Waals surface area contributed by atoms with Gasteiger partial charge in [0.05, 0.1) is 14.2 Å². The quantitative estimate of drug-likeness (QED) is 0.848. The lowest BCUT2D eigenvalue weighted by Gasteiger charge is -2.09. The summed E-state index contributed by atoms with van der Waals surface area (Å²) in [6.07, 6.45) is 1.58. The molecule has 0 aliphatic heterocycles. The molecule has 6 nitrogen and oxygen atoms in total. The Morgan fingerprint density at radius 2 is 1.61 bits per heavy atom. The van der Waals surface area contributed by atoms with Gasteiger partial charge in [-0.2, -0.15) is 4.98 Å². The third-order valence-electron chi connectivity index (χ3n) is 2.50. The minimum atomic E-state index is 0.145. The van der Waals surface area contributed by atoms with Gasteiger partial charge in [-0.1, -0.05) is 0 Å². The van der Waals surface area contributed by atoms with Crippen LogP contribution >= 0.6 is 0 Å². The minimum absolute atomic E-state index is 0.145. The molecule has 2 rings (SSSR count). The standard InChI is InChI=1S/C12H14N4O2/c1-17-8-3-7(4-9(5-8)18-2)10-6-15-12(14)16-11(10)13/h3-6H,1-2H3,(H4,13,14,15,16). The molecule has 0 aliphatic rings. The number of nitrogens with two attached hydrogens (primary N) is 2. The third kappa shape index (κ3) is 2.27. The van der Waals surface area contributed by atoms with Crippen LogP contribution in [0.4, 0.5) is 11.8 Å². The number of methoxy groups -OCH3 is 2. The molecular weight excluding hydrogens is 232 g/mol.